The number of hydrogen-bond donors (Lipinski definition) is 1. The van der Waals surface area contributed by atoms with Gasteiger partial charge in [0, 0.05) is 45.2 Å². The number of nitrogens with one attached hydrogen (secondary N) is 1. The largest absolute Gasteiger partial charge is 0.384 e. The summed E-state index contributed by atoms with van der Waals surface area (Å²) in [5.41, 5.74) is 0.173. The maximum absolute atomic E-state index is 12.4. The first kappa shape index (κ1) is 16.7. The van der Waals surface area contributed by atoms with E-state index < -0.39 is 0 Å². The summed E-state index contributed by atoms with van der Waals surface area (Å²) in [6, 6.07) is -0.0281. The van der Waals surface area contributed by atoms with E-state index in [-0.39, 0.29) is 17.4 Å². The van der Waals surface area contributed by atoms with E-state index in [0.29, 0.717) is 0 Å². The van der Waals surface area contributed by atoms with Crippen LogP contribution < -0.4 is 5.32 Å². The van der Waals surface area contributed by atoms with Crippen LogP contribution in [0, 0.1) is 5.41 Å². The van der Waals surface area contributed by atoms with Gasteiger partial charge in [-0.05, 0) is 26.8 Å². The number of methoxy groups -OCH3 is 1. The molecule has 0 aromatic carbocycles. The van der Waals surface area contributed by atoms with Crippen LogP contribution in [-0.2, 0) is 9.53 Å². The Labute approximate surface area is 129 Å². The second-order valence-corrected chi connectivity index (χ2v) is 6.87. The number of ether oxygens (including phenoxy) is 1. The Hall–Kier alpha value is -0.650. The minimum absolute atomic E-state index is 0.0281. The van der Waals surface area contributed by atoms with Gasteiger partial charge in [0.15, 0.2) is 0 Å². The van der Waals surface area contributed by atoms with Gasteiger partial charge in [-0.15, -0.1) is 0 Å². The summed E-state index contributed by atoms with van der Waals surface area (Å²) in [4.78, 5) is 17.0. The molecule has 2 fully saturated rings. The SMILES string of the molecule is COCC1(CNC(=O)[C@H](C)N2CCN(C)CC2)CCCC1. The number of carbonyl (C=O) groups is 1. The van der Waals surface area contributed by atoms with Crippen molar-refractivity contribution in [2.45, 2.75) is 38.6 Å². The van der Waals surface area contributed by atoms with E-state index in [2.05, 4.69) is 22.2 Å². The Kier molecular flexibility index (Phi) is 6.02. The molecule has 21 heavy (non-hydrogen) atoms. The minimum Gasteiger partial charge on any atom is -0.384 e. The van der Waals surface area contributed by atoms with Crippen molar-refractivity contribution >= 4 is 5.91 Å². The average Bonchev–Trinajstić information content (AvgIpc) is 2.94. The molecule has 1 atom stereocenters. The van der Waals surface area contributed by atoms with E-state index in [1.807, 2.05) is 6.92 Å². The molecule has 2 rings (SSSR count). The molecule has 1 saturated carbocycles. The highest BCUT2D eigenvalue weighted by Crippen LogP contribution is 2.37. The van der Waals surface area contributed by atoms with E-state index in [0.717, 1.165) is 39.3 Å². The van der Waals surface area contributed by atoms with Gasteiger partial charge >= 0.3 is 0 Å². The first-order valence-electron chi connectivity index (χ1n) is 8.26. The average molecular weight is 297 g/mol. The Morgan fingerprint density at radius 2 is 1.86 bits per heavy atom. The molecule has 5 heteroatoms. The van der Waals surface area contributed by atoms with E-state index in [9.17, 15) is 4.79 Å². The first-order chi connectivity index (χ1) is 10.1. The Morgan fingerprint density at radius 3 is 2.43 bits per heavy atom. The fourth-order valence-corrected chi connectivity index (χ4v) is 3.60. The molecule has 0 aromatic rings. The fraction of sp³-hybridized carbons (Fsp3) is 0.938. The molecular weight excluding hydrogens is 266 g/mol. The Bertz CT molecular complexity index is 334. The maximum atomic E-state index is 12.4. The van der Waals surface area contributed by atoms with Gasteiger partial charge in [-0.1, -0.05) is 12.8 Å². The van der Waals surface area contributed by atoms with Crippen molar-refractivity contribution in [3.63, 3.8) is 0 Å². The summed E-state index contributed by atoms with van der Waals surface area (Å²) in [5.74, 6) is 0.168. The molecule has 0 aromatic heterocycles. The lowest BCUT2D eigenvalue weighted by Crippen LogP contribution is -2.54. The van der Waals surface area contributed by atoms with Gasteiger partial charge in [0.25, 0.3) is 0 Å². The molecule has 1 amide bonds. The highest BCUT2D eigenvalue weighted by Gasteiger charge is 2.35. The predicted octanol–water partition coefficient (Wildman–Crippen LogP) is 0.945. The number of carbonyl (C=O) groups excluding carboxylic acids is 1. The van der Waals surface area contributed by atoms with Gasteiger partial charge in [0.1, 0.15) is 0 Å². The maximum Gasteiger partial charge on any atom is 0.237 e. The van der Waals surface area contributed by atoms with E-state index in [1.54, 1.807) is 7.11 Å². The standard InChI is InChI=1S/C16H31N3O2/c1-14(19-10-8-18(2)9-11-19)15(20)17-12-16(13-21-3)6-4-5-7-16/h14H,4-13H2,1-3H3,(H,17,20)/t14-/m0/s1. The fourth-order valence-electron chi connectivity index (χ4n) is 3.60. The van der Waals surface area contributed by atoms with Gasteiger partial charge in [-0.3, -0.25) is 9.69 Å². The summed E-state index contributed by atoms with van der Waals surface area (Å²) < 4.78 is 5.38. The predicted molar refractivity (Wildman–Crippen MR) is 84.3 cm³/mol. The molecule has 1 aliphatic heterocycles. The molecule has 5 nitrogen and oxygen atoms in total. The van der Waals surface area contributed by atoms with Crippen LogP contribution in [0.4, 0.5) is 0 Å². The van der Waals surface area contributed by atoms with Crippen molar-refractivity contribution in [1.82, 2.24) is 15.1 Å². The lowest BCUT2D eigenvalue weighted by Gasteiger charge is -2.36. The van der Waals surface area contributed by atoms with Gasteiger partial charge in [0.05, 0.1) is 12.6 Å². The third-order valence-electron chi connectivity index (χ3n) is 5.22. The van der Waals surface area contributed by atoms with Crippen molar-refractivity contribution in [2.75, 3.05) is 53.5 Å². The van der Waals surface area contributed by atoms with Crippen LogP contribution in [-0.4, -0.2) is 75.2 Å². The second-order valence-electron chi connectivity index (χ2n) is 6.87. The summed E-state index contributed by atoms with van der Waals surface area (Å²) >= 11 is 0. The number of amides is 1. The van der Waals surface area contributed by atoms with Crippen molar-refractivity contribution in [2.24, 2.45) is 5.41 Å². The van der Waals surface area contributed by atoms with Crippen LogP contribution in [0.3, 0.4) is 0 Å². The summed E-state index contributed by atoms with van der Waals surface area (Å²) in [6.07, 6.45) is 4.86. The Balaban J connectivity index is 1.80. The second kappa shape index (κ2) is 7.56. The quantitative estimate of drug-likeness (QED) is 0.793. The van der Waals surface area contributed by atoms with Crippen LogP contribution in [0.15, 0.2) is 0 Å². The number of nitrogens with zero attached hydrogens (tertiary/aromatic N) is 2. The van der Waals surface area contributed by atoms with Crippen LogP contribution >= 0.6 is 0 Å². The molecule has 0 unspecified atom stereocenters. The topological polar surface area (TPSA) is 44.8 Å². The summed E-state index contributed by atoms with van der Waals surface area (Å²) in [6.45, 7) is 7.60. The number of piperazine rings is 1. The van der Waals surface area contributed by atoms with E-state index in [1.165, 1.54) is 25.7 Å². The third-order valence-corrected chi connectivity index (χ3v) is 5.22. The lowest BCUT2D eigenvalue weighted by molar-refractivity contribution is -0.127. The zero-order valence-corrected chi connectivity index (χ0v) is 13.9. The van der Waals surface area contributed by atoms with Crippen molar-refractivity contribution in [3.05, 3.63) is 0 Å². The summed E-state index contributed by atoms with van der Waals surface area (Å²) in [7, 11) is 3.89. The molecule has 1 N–H and O–H groups in total. The highest BCUT2D eigenvalue weighted by molar-refractivity contribution is 5.81. The van der Waals surface area contributed by atoms with Gasteiger partial charge in [0.2, 0.25) is 5.91 Å². The molecule has 0 radical (unpaired) electrons. The number of likely N-dealkylation sites (N-methyl/N-ethyl adjacent to an activating group) is 1. The zero-order valence-electron chi connectivity index (χ0n) is 13.9. The Morgan fingerprint density at radius 1 is 1.24 bits per heavy atom. The molecule has 2 aliphatic rings. The van der Waals surface area contributed by atoms with Crippen LogP contribution in [0.5, 0.6) is 0 Å². The van der Waals surface area contributed by atoms with Crippen molar-refractivity contribution in [3.8, 4) is 0 Å². The first-order valence-corrected chi connectivity index (χ1v) is 8.26. The lowest BCUT2D eigenvalue weighted by atomic mass is 9.87. The zero-order chi connectivity index (χ0) is 15.3. The molecule has 1 heterocycles. The monoisotopic (exact) mass is 297 g/mol. The number of rotatable bonds is 6. The van der Waals surface area contributed by atoms with Crippen molar-refractivity contribution in [1.29, 1.82) is 0 Å². The van der Waals surface area contributed by atoms with E-state index in [4.69, 9.17) is 4.74 Å². The minimum atomic E-state index is -0.0281. The third kappa shape index (κ3) is 4.41. The molecule has 0 spiro atoms. The van der Waals surface area contributed by atoms with Gasteiger partial charge in [-0.2, -0.15) is 0 Å². The molecular formula is C16H31N3O2. The molecule has 122 valence electrons. The van der Waals surface area contributed by atoms with Crippen LogP contribution in [0.2, 0.25) is 0 Å². The van der Waals surface area contributed by atoms with Crippen LogP contribution in [0.25, 0.3) is 0 Å². The molecule has 0 bridgehead atoms. The van der Waals surface area contributed by atoms with E-state index >= 15 is 0 Å². The van der Waals surface area contributed by atoms with Crippen LogP contribution in [0.1, 0.15) is 32.6 Å². The smallest absolute Gasteiger partial charge is 0.237 e. The highest BCUT2D eigenvalue weighted by atomic mass is 16.5. The van der Waals surface area contributed by atoms with Gasteiger partial charge in [-0.25, -0.2) is 0 Å². The molecule has 1 aliphatic carbocycles. The van der Waals surface area contributed by atoms with Crippen molar-refractivity contribution < 1.29 is 9.53 Å². The summed E-state index contributed by atoms with van der Waals surface area (Å²) in [5, 5.41) is 3.18. The number of hydrogen-bond acceptors (Lipinski definition) is 4. The van der Waals surface area contributed by atoms with Gasteiger partial charge < -0.3 is 15.0 Å². The normalized spacial score (nSPS) is 24.9. The molecule has 1 saturated heterocycles.